The molecule has 0 bridgehead atoms. The molecule has 0 spiro atoms. The molecule has 2 atom stereocenters. The Kier molecular flexibility index (Phi) is 21.3. The van der Waals surface area contributed by atoms with E-state index in [1.54, 1.807) is 40.7 Å². The van der Waals surface area contributed by atoms with Gasteiger partial charge in [0.25, 0.3) is 5.91 Å². The fourth-order valence-corrected chi connectivity index (χ4v) is 7.13. The molecule has 0 fully saturated rings. The van der Waals surface area contributed by atoms with Crippen molar-refractivity contribution in [1.82, 2.24) is 15.7 Å². The van der Waals surface area contributed by atoms with Crippen molar-refractivity contribution < 1.29 is 70.5 Å². The van der Waals surface area contributed by atoms with Crippen molar-refractivity contribution in [3.05, 3.63) is 72.0 Å². The third-order valence-electron chi connectivity index (χ3n) is 8.60. The lowest BCUT2D eigenvalue weighted by atomic mass is 9.90. The number of amides is 3. The Labute approximate surface area is 356 Å². The van der Waals surface area contributed by atoms with Gasteiger partial charge in [-0.05, 0) is 83.4 Å². The lowest BCUT2D eigenvalue weighted by molar-refractivity contribution is -0.200. The average Bonchev–Trinajstić information content (AvgIpc) is 3.72. The van der Waals surface area contributed by atoms with Crippen LogP contribution in [0.25, 0.3) is 11.3 Å². The number of hydrogen-bond acceptors (Lipinski definition) is 15. The van der Waals surface area contributed by atoms with Gasteiger partial charge >= 0.3 is 19.9 Å². The minimum Gasteiger partial charge on any atom is -0.494 e. The highest BCUT2D eigenvalue weighted by molar-refractivity contribution is 7.62. The van der Waals surface area contributed by atoms with Crippen molar-refractivity contribution in [2.24, 2.45) is 5.92 Å². The zero-order chi connectivity index (χ0) is 44.8. The highest BCUT2D eigenvalue weighted by atomic mass is 31.2. The Hall–Kier alpha value is -5.42. The highest BCUT2D eigenvalue weighted by Crippen LogP contribution is 2.48. The van der Waals surface area contributed by atoms with E-state index in [0.29, 0.717) is 19.3 Å². The number of benzene rings is 2. The number of hydroxylamine groups is 2. The van der Waals surface area contributed by atoms with Crippen LogP contribution in [0.15, 0.2) is 65.1 Å². The Morgan fingerprint density at radius 1 is 0.836 bits per heavy atom. The lowest BCUT2D eigenvalue weighted by Crippen LogP contribution is -2.48. The zero-order valence-electron chi connectivity index (χ0n) is 35.7. The van der Waals surface area contributed by atoms with E-state index in [9.17, 15) is 28.5 Å². The molecule has 19 heteroatoms. The number of carbonyl (C=O) groups is 5. The average molecular weight is 876 g/mol. The Morgan fingerprint density at radius 3 is 2.07 bits per heavy atom. The van der Waals surface area contributed by atoms with Crippen LogP contribution in [0, 0.1) is 5.92 Å². The number of hydrogen-bond donors (Lipinski definition) is 2. The van der Waals surface area contributed by atoms with E-state index in [2.05, 4.69) is 17.6 Å². The number of unbranched alkanes of at least 4 members (excludes halogenated alkanes) is 2. The van der Waals surface area contributed by atoms with Crippen molar-refractivity contribution in [2.45, 2.75) is 105 Å². The Balaban J connectivity index is 1.78. The van der Waals surface area contributed by atoms with Crippen LogP contribution in [-0.4, -0.2) is 80.7 Å². The maximum atomic E-state index is 14.3. The summed E-state index contributed by atoms with van der Waals surface area (Å²) in [6.45, 7) is 10.4. The normalized spacial score (nSPS) is 12.3. The summed E-state index contributed by atoms with van der Waals surface area (Å²) in [5, 5.41) is 6.48. The SMILES string of the molecule is CCCCC[C@@H](C(=O)NCNC(=O)c1ccc(-c2cc(OCC)cc(P(=O)(OCOC(=O)OC(C)C)OCOC(=O)OC(C)C)c2)o1)[C@@H](CC)N(C=O)OCc1ccccc1. The van der Waals surface area contributed by atoms with Crippen molar-refractivity contribution >= 4 is 43.4 Å². The second kappa shape index (κ2) is 26.0. The molecule has 1 heterocycles. The van der Waals surface area contributed by atoms with Crippen LogP contribution in [0.3, 0.4) is 0 Å². The van der Waals surface area contributed by atoms with E-state index in [-0.39, 0.29) is 53.9 Å². The quantitative estimate of drug-likeness (QED) is 0.0188. The fourth-order valence-electron chi connectivity index (χ4n) is 5.79. The van der Waals surface area contributed by atoms with Crippen LogP contribution in [-0.2, 0) is 53.6 Å². The third kappa shape index (κ3) is 16.9. The minimum atomic E-state index is -4.48. The van der Waals surface area contributed by atoms with Crippen LogP contribution in [0.4, 0.5) is 9.59 Å². The Bertz CT molecular complexity index is 1860. The topological polar surface area (TPSA) is 217 Å². The number of carbonyl (C=O) groups excluding carboxylic acids is 5. The maximum Gasteiger partial charge on any atom is 0.510 e. The van der Waals surface area contributed by atoms with Crippen LogP contribution < -0.4 is 20.7 Å². The number of furan rings is 1. The van der Waals surface area contributed by atoms with Gasteiger partial charge in [0.2, 0.25) is 25.9 Å². The summed E-state index contributed by atoms with van der Waals surface area (Å²) in [6, 6.07) is 16.0. The van der Waals surface area contributed by atoms with Crippen molar-refractivity contribution in [3.63, 3.8) is 0 Å². The fraction of sp³-hybridized carbons (Fsp3) is 0.500. The number of nitrogens with zero attached hydrogens (tertiary/aromatic N) is 1. The first-order valence-electron chi connectivity index (χ1n) is 20.1. The van der Waals surface area contributed by atoms with Gasteiger partial charge in [-0.25, -0.2) is 14.7 Å². The molecule has 61 heavy (non-hydrogen) atoms. The predicted octanol–water partition coefficient (Wildman–Crippen LogP) is 7.60. The van der Waals surface area contributed by atoms with E-state index >= 15 is 0 Å². The summed E-state index contributed by atoms with van der Waals surface area (Å²) < 4.78 is 56.4. The molecular weight excluding hydrogens is 817 g/mol. The van der Waals surface area contributed by atoms with Gasteiger partial charge in [-0.2, -0.15) is 0 Å². The molecule has 0 aliphatic carbocycles. The summed E-state index contributed by atoms with van der Waals surface area (Å²) >= 11 is 0. The number of nitrogens with one attached hydrogen (secondary N) is 2. The van der Waals surface area contributed by atoms with Gasteiger partial charge in [0.05, 0.1) is 42.7 Å². The minimum absolute atomic E-state index is 0.113. The molecule has 3 amide bonds. The zero-order valence-corrected chi connectivity index (χ0v) is 36.6. The molecule has 0 aliphatic heterocycles. The van der Waals surface area contributed by atoms with Crippen LogP contribution >= 0.6 is 7.60 Å². The summed E-state index contributed by atoms with van der Waals surface area (Å²) in [5.74, 6) is -1.42. The Morgan fingerprint density at radius 2 is 1.49 bits per heavy atom. The molecule has 2 N–H and O–H groups in total. The van der Waals surface area contributed by atoms with Gasteiger partial charge in [-0.15, -0.1) is 0 Å². The van der Waals surface area contributed by atoms with Gasteiger partial charge in [-0.3, -0.25) is 32.8 Å². The molecule has 1 aromatic heterocycles. The van der Waals surface area contributed by atoms with E-state index < -0.39 is 63.6 Å². The molecule has 0 saturated heterocycles. The van der Waals surface area contributed by atoms with Crippen LogP contribution in [0.5, 0.6) is 5.75 Å². The van der Waals surface area contributed by atoms with E-state index in [4.69, 9.17) is 42.0 Å². The summed E-state index contributed by atoms with van der Waals surface area (Å²) in [5.41, 5.74) is 1.14. The molecule has 0 saturated carbocycles. The smallest absolute Gasteiger partial charge is 0.494 e. The van der Waals surface area contributed by atoms with Gasteiger partial charge in [0.1, 0.15) is 18.1 Å². The van der Waals surface area contributed by atoms with E-state index in [1.165, 1.54) is 29.3 Å². The number of ether oxygens (including phenoxy) is 5. The van der Waals surface area contributed by atoms with Crippen molar-refractivity contribution in [1.29, 1.82) is 0 Å². The lowest BCUT2D eigenvalue weighted by Gasteiger charge is -2.32. The second-order valence-electron chi connectivity index (χ2n) is 14.0. The number of rotatable bonds is 27. The third-order valence-corrected chi connectivity index (χ3v) is 10.4. The first-order valence-corrected chi connectivity index (χ1v) is 21.7. The predicted molar refractivity (Wildman–Crippen MR) is 221 cm³/mol. The molecule has 0 unspecified atom stereocenters. The first-order chi connectivity index (χ1) is 29.2. The molecule has 336 valence electrons. The summed E-state index contributed by atoms with van der Waals surface area (Å²) in [4.78, 5) is 68.9. The van der Waals surface area contributed by atoms with Crippen molar-refractivity contribution in [2.75, 3.05) is 26.9 Å². The largest absolute Gasteiger partial charge is 0.510 e. The van der Waals surface area contributed by atoms with E-state index in [0.717, 1.165) is 24.8 Å². The molecule has 3 aromatic rings. The van der Waals surface area contributed by atoms with Gasteiger partial charge in [0.15, 0.2) is 5.76 Å². The molecule has 18 nitrogen and oxygen atoms in total. The van der Waals surface area contributed by atoms with E-state index in [1.807, 2.05) is 37.3 Å². The van der Waals surface area contributed by atoms with Gasteiger partial charge in [-0.1, -0.05) is 63.4 Å². The molecule has 2 aromatic carbocycles. The van der Waals surface area contributed by atoms with Crippen molar-refractivity contribution in [3.8, 4) is 17.1 Å². The molecule has 0 radical (unpaired) electrons. The monoisotopic (exact) mass is 875 g/mol. The second-order valence-corrected chi connectivity index (χ2v) is 16.0. The van der Waals surface area contributed by atoms with Crippen LogP contribution in [0.1, 0.15) is 96.7 Å². The van der Waals surface area contributed by atoms with Crippen LogP contribution in [0.2, 0.25) is 0 Å². The molecule has 3 rings (SSSR count). The van der Waals surface area contributed by atoms with Gasteiger partial charge in [0, 0.05) is 5.56 Å². The standard InChI is InChI=1S/C42H58N3O15P/c1-8-11-13-18-35(36(9-2)45(26-46)55-24-31-16-14-12-15-17-31)39(47)43-25-44-40(48)38-20-19-37(60-38)32-21-33(52-10-3)23-34(22-32)61(51,56-27-53-41(49)58-29(4)5)57-28-54-42(50)59-30(6)7/h12,14-17,19-23,26,29-30,35-36H,8-11,13,18,24-25,27-28H2,1-7H3,(H,43,47)(H,44,48)/t35-,36-/m1/s1. The molecular formula is C42H58N3O15P. The first kappa shape index (κ1) is 49.9. The summed E-state index contributed by atoms with van der Waals surface area (Å²) in [7, 11) is -4.48. The maximum absolute atomic E-state index is 14.3. The molecule has 0 aliphatic rings. The highest BCUT2D eigenvalue weighted by Gasteiger charge is 2.33. The summed E-state index contributed by atoms with van der Waals surface area (Å²) in [6.07, 6.45) is 0.917. The van der Waals surface area contributed by atoms with Gasteiger partial charge < -0.3 is 38.7 Å².